The van der Waals surface area contributed by atoms with Crippen molar-refractivity contribution in [3.63, 3.8) is 0 Å². The summed E-state index contributed by atoms with van der Waals surface area (Å²) in [6, 6.07) is 0. The second-order valence-electron chi connectivity index (χ2n) is 2.31. The second-order valence-corrected chi connectivity index (χ2v) is 3.65. The number of ketones is 2. The van der Waals surface area contributed by atoms with Crippen LogP contribution < -0.4 is 0 Å². The molecule has 0 aromatic heterocycles. The van der Waals surface area contributed by atoms with Crippen LogP contribution in [0.4, 0.5) is 0 Å². The fraction of sp³-hybridized carbons (Fsp3) is 0.571. The van der Waals surface area contributed by atoms with E-state index in [1.807, 2.05) is 0 Å². The standard InChI is InChI=1S/C7H10O2S2/c1-5(8)2-3-6(9)4-7(10)11/h2-4H2,1H3,(H,10,11). The molecule has 0 unspecified atom stereocenters. The smallest absolute Gasteiger partial charge is 0.139 e. The quantitative estimate of drug-likeness (QED) is 0.528. The maximum Gasteiger partial charge on any atom is 0.139 e. The van der Waals surface area contributed by atoms with Crippen LogP contribution in [-0.4, -0.2) is 15.8 Å². The van der Waals surface area contributed by atoms with Gasteiger partial charge in [0.15, 0.2) is 0 Å². The molecule has 0 aliphatic rings. The molecule has 0 N–H and O–H groups in total. The first-order chi connectivity index (χ1) is 5.02. The van der Waals surface area contributed by atoms with Crippen molar-refractivity contribution in [1.29, 1.82) is 0 Å². The fourth-order valence-electron chi connectivity index (χ4n) is 0.573. The van der Waals surface area contributed by atoms with E-state index in [9.17, 15) is 9.59 Å². The van der Waals surface area contributed by atoms with Crippen LogP contribution in [0.5, 0.6) is 0 Å². The molecule has 0 aromatic carbocycles. The van der Waals surface area contributed by atoms with Gasteiger partial charge in [-0.2, -0.15) is 0 Å². The minimum absolute atomic E-state index is 0.0137. The second kappa shape index (κ2) is 5.43. The normalized spacial score (nSPS) is 9.27. The SMILES string of the molecule is CC(=O)CCC(=O)CC(=S)S. The zero-order chi connectivity index (χ0) is 8.85. The molecular weight excluding hydrogens is 180 g/mol. The molecule has 0 aromatic rings. The fourth-order valence-corrected chi connectivity index (χ4v) is 0.910. The van der Waals surface area contributed by atoms with Crippen LogP contribution in [0.25, 0.3) is 0 Å². The Balaban J connectivity index is 3.53. The van der Waals surface area contributed by atoms with Gasteiger partial charge in [0, 0.05) is 19.3 Å². The maximum atomic E-state index is 10.9. The molecular formula is C7H10O2S2. The molecule has 0 bridgehead atoms. The highest BCUT2D eigenvalue weighted by Gasteiger charge is 2.04. The third kappa shape index (κ3) is 7.68. The van der Waals surface area contributed by atoms with E-state index in [1.54, 1.807) is 0 Å². The Hall–Kier alpha value is -0.220. The zero-order valence-corrected chi connectivity index (χ0v) is 8.00. The van der Waals surface area contributed by atoms with Gasteiger partial charge in [0.2, 0.25) is 0 Å². The van der Waals surface area contributed by atoms with E-state index in [-0.39, 0.29) is 24.4 Å². The molecule has 11 heavy (non-hydrogen) atoms. The average molecular weight is 190 g/mol. The first kappa shape index (κ1) is 10.8. The molecule has 0 aliphatic heterocycles. The molecule has 0 spiro atoms. The van der Waals surface area contributed by atoms with E-state index in [2.05, 4.69) is 24.8 Å². The topological polar surface area (TPSA) is 34.1 Å². The van der Waals surface area contributed by atoms with Crippen LogP contribution in [0.2, 0.25) is 0 Å². The lowest BCUT2D eigenvalue weighted by atomic mass is 10.1. The number of hydrogen-bond donors (Lipinski definition) is 1. The van der Waals surface area contributed by atoms with Crippen molar-refractivity contribution in [2.45, 2.75) is 26.2 Å². The summed E-state index contributed by atoms with van der Waals surface area (Å²) in [5.74, 6) is 0.0173. The minimum atomic E-state index is -0.0137. The summed E-state index contributed by atoms with van der Waals surface area (Å²) in [4.78, 5) is 21.3. The summed E-state index contributed by atoms with van der Waals surface area (Å²) in [7, 11) is 0. The van der Waals surface area contributed by atoms with Crippen LogP contribution in [0.1, 0.15) is 26.2 Å². The molecule has 0 saturated carbocycles. The molecule has 2 nitrogen and oxygen atoms in total. The first-order valence-corrected chi connectivity index (χ1v) is 4.11. The van der Waals surface area contributed by atoms with Gasteiger partial charge in [-0.25, -0.2) is 0 Å². The third-order valence-electron chi connectivity index (χ3n) is 1.10. The van der Waals surface area contributed by atoms with Crippen LogP contribution in [0, 0.1) is 0 Å². The van der Waals surface area contributed by atoms with Crippen molar-refractivity contribution >= 4 is 40.6 Å². The summed E-state index contributed by atoms with van der Waals surface area (Å²) in [5, 5.41) is 0. The van der Waals surface area contributed by atoms with Crippen molar-refractivity contribution in [3.05, 3.63) is 0 Å². The Morgan fingerprint density at radius 1 is 1.36 bits per heavy atom. The maximum absolute atomic E-state index is 10.9. The van der Waals surface area contributed by atoms with Gasteiger partial charge in [-0.3, -0.25) is 4.79 Å². The number of thiocarbonyl (C=S) groups is 1. The van der Waals surface area contributed by atoms with Crippen LogP contribution in [0.15, 0.2) is 0 Å². The van der Waals surface area contributed by atoms with E-state index in [0.29, 0.717) is 10.6 Å². The van der Waals surface area contributed by atoms with E-state index < -0.39 is 0 Å². The largest absolute Gasteiger partial charge is 0.300 e. The van der Waals surface area contributed by atoms with Gasteiger partial charge >= 0.3 is 0 Å². The van der Waals surface area contributed by atoms with Crippen molar-refractivity contribution in [2.24, 2.45) is 0 Å². The summed E-state index contributed by atoms with van der Waals surface area (Å²) in [6.45, 7) is 1.46. The van der Waals surface area contributed by atoms with Gasteiger partial charge < -0.3 is 4.79 Å². The Morgan fingerprint density at radius 2 is 1.91 bits per heavy atom. The highest BCUT2D eigenvalue weighted by atomic mass is 32.1. The predicted octanol–water partition coefficient (Wildman–Crippen LogP) is 1.57. The number of hydrogen-bond acceptors (Lipinski definition) is 3. The number of carbonyl (C=O) groups is 2. The zero-order valence-electron chi connectivity index (χ0n) is 6.29. The van der Waals surface area contributed by atoms with Crippen molar-refractivity contribution in [3.8, 4) is 0 Å². The number of carbonyl (C=O) groups excluding carboxylic acids is 2. The van der Waals surface area contributed by atoms with Crippen LogP contribution in [0.3, 0.4) is 0 Å². The lowest BCUT2D eigenvalue weighted by molar-refractivity contribution is -0.122. The molecule has 0 aliphatic carbocycles. The number of rotatable bonds is 5. The Morgan fingerprint density at radius 3 is 2.27 bits per heavy atom. The monoisotopic (exact) mass is 190 g/mol. The van der Waals surface area contributed by atoms with E-state index >= 15 is 0 Å². The molecule has 62 valence electrons. The van der Waals surface area contributed by atoms with Gasteiger partial charge in [-0.15, -0.1) is 12.6 Å². The van der Waals surface area contributed by atoms with Crippen LogP contribution >= 0.6 is 24.8 Å². The molecule has 0 fully saturated rings. The Bertz CT molecular complexity index is 187. The minimum Gasteiger partial charge on any atom is -0.300 e. The molecule has 0 amide bonds. The lowest BCUT2D eigenvalue weighted by Crippen LogP contribution is -2.03. The predicted molar refractivity (Wildman–Crippen MR) is 51.1 cm³/mol. The van der Waals surface area contributed by atoms with E-state index in [4.69, 9.17) is 0 Å². The molecule has 0 radical (unpaired) electrons. The van der Waals surface area contributed by atoms with E-state index in [1.165, 1.54) is 6.92 Å². The molecule has 0 rings (SSSR count). The Kier molecular flexibility index (Phi) is 5.32. The molecule has 4 heteroatoms. The lowest BCUT2D eigenvalue weighted by Gasteiger charge is -1.95. The van der Waals surface area contributed by atoms with Crippen LogP contribution in [-0.2, 0) is 9.59 Å². The highest BCUT2D eigenvalue weighted by molar-refractivity contribution is 8.11. The van der Waals surface area contributed by atoms with Crippen molar-refractivity contribution in [1.82, 2.24) is 0 Å². The first-order valence-electron chi connectivity index (χ1n) is 3.25. The van der Waals surface area contributed by atoms with Crippen molar-refractivity contribution < 1.29 is 9.59 Å². The van der Waals surface area contributed by atoms with Gasteiger partial charge in [0.05, 0.1) is 4.20 Å². The van der Waals surface area contributed by atoms with Crippen molar-refractivity contribution in [2.75, 3.05) is 0 Å². The Labute approximate surface area is 76.8 Å². The van der Waals surface area contributed by atoms with Gasteiger partial charge in [0.25, 0.3) is 0 Å². The summed E-state index contributed by atoms with van der Waals surface area (Å²) in [5.41, 5.74) is 0. The molecule has 0 atom stereocenters. The summed E-state index contributed by atoms with van der Waals surface area (Å²) in [6.07, 6.45) is 0.803. The average Bonchev–Trinajstić information content (AvgIpc) is 1.82. The van der Waals surface area contributed by atoms with E-state index in [0.717, 1.165) is 0 Å². The number of thiol groups is 1. The van der Waals surface area contributed by atoms with Gasteiger partial charge in [-0.05, 0) is 6.92 Å². The number of Topliss-reactive ketones (excluding diaryl/α,β-unsaturated/α-hetero) is 2. The summed E-state index contributed by atoms with van der Waals surface area (Å²) < 4.78 is 0.388. The van der Waals surface area contributed by atoms with Gasteiger partial charge in [-0.1, -0.05) is 12.2 Å². The third-order valence-corrected chi connectivity index (χ3v) is 1.41. The molecule has 0 saturated heterocycles. The molecule has 0 heterocycles. The van der Waals surface area contributed by atoms with Gasteiger partial charge in [0.1, 0.15) is 11.6 Å². The highest BCUT2D eigenvalue weighted by Crippen LogP contribution is 2.00. The summed E-state index contributed by atoms with van der Waals surface area (Å²) >= 11 is 8.42.